The van der Waals surface area contributed by atoms with E-state index in [1.54, 1.807) is 0 Å². The van der Waals surface area contributed by atoms with E-state index in [0.717, 1.165) is 32.5 Å². The molecule has 0 saturated carbocycles. The lowest BCUT2D eigenvalue weighted by Gasteiger charge is -2.25. The van der Waals surface area contributed by atoms with Crippen molar-refractivity contribution in [3.63, 3.8) is 0 Å². The van der Waals surface area contributed by atoms with E-state index in [9.17, 15) is 0 Å². The van der Waals surface area contributed by atoms with Gasteiger partial charge >= 0.3 is 0 Å². The van der Waals surface area contributed by atoms with Crippen LogP contribution in [0.4, 0.5) is 0 Å². The molecule has 0 aliphatic carbocycles. The number of hydrogen-bond acceptors (Lipinski definition) is 2. The maximum atomic E-state index is 6.19. The minimum Gasteiger partial charge on any atom is -0.353 e. The molecule has 0 N–H and O–H groups in total. The summed E-state index contributed by atoms with van der Waals surface area (Å²) in [7, 11) is 0. The lowest BCUT2D eigenvalue weighted by Crippen LogP contribution is -2.21. The normalized spacial score (nSPS) is 16.2. The van der Waals surface area contributed by atoms with E-state index in [1.165, 1.54) is 44.9 Å². The van der Waals surface area contributed by atoms with Crippen molar-refractivity contribution in [3.05, 3.63) is 0 Å². The van der Waals surface area contributed by atoms with E-state index in [2.05, 4.69) is 62.3 Å². The quantitative estimate of drug-likeness (QED) is 0.191. The molecule has 0 amide bonds. The standard InChI is InChI=1S/C26H54O2/c1-10-11-12-13-14-15-24(27-18-16-22(2)20-25(4,5)6)28-19-17-23(3)21-26(7,8)9/h22-24H,10-21H2,1-9H3. The summed E-state index contributed by atoms with van der Waals surface area (Å²) < 4.78 is 12.4. The van der Waals surface area contributed by atoms with Crippen LogP contribution >= 0.6 is 0 Å². The Balaban J connectivity index is 4.26. The molecule has 0 saturated heterocycles. The molecule has 170 valence electrons. The van der Waals surface area contributed by atoms with Crippen LogP contribution in [0, 0.1) is 22.7 Å². The van der Waals surface area contributed by atoms with E-state index in [4.69, 9.17) is 9.47 Å². The van der Waals surface area contributed by atoms with Crippen molar-refractivity contribution in [1.29, 1.82) is 0 Å². The Morgan fingerprint density at radius 3 is 1.43 bits per heavy atom. The fourth-order valence-electron chi connectivity index (χ4n) is 4.23. The molecule has 0 radical (unpaired) electrons. The zero-order valence-corrected chi connectivity index (χ0v) is 21.0. The van der Waals surface area contributed by atoms with Gasteiger partial charge in [-0.1, -0.05) is 88.0 Å². The Labute approximate surface area is 178 Å². The minimum atomic E-state index is -0.00898. The average molecular weight is 399 g/mol. The Morgan fingerprint density at radius 1 is 0.607 bits per heavy atom. The highest BCUT2D eigenvalue weighted by atomic mass is 16.7. The molecule has 0 rings (SSSR count). The van der Waals surface area contributed by atoms with Crippen LogP contribution in [0.3, 0.4) is 0 Å². The first-order chi connectivity index (χ1) is 12.9. The number of rotatable bonds is 16. The molecule has 28 heavy (non-hydrogen) atoms. The van der Waals surface area contributed by atoms with Crippen LogP contribution in [-0.4, -0.2) is 19.5 Å². The van der Waals surface area contributed by atoms with Crippen molar-refractivity contribution >= 4 is 0 Å². The second-order valence-corrected chi connectivity index (χ2v) is 11.7. The Hall–Kier alpha value is -0.0800. The third-order valence-electron chi connectivity index (χ3n) is 5.29. The van der Waals surface area contributed by atoms with Crippen LogP contribution in [0.1, 0.15) is 127 Å². The third kappa shape index (κ3) is 19.2. The van der Waals surface area contributed by atoms with Gasteiger partial charge in [-0.15, -0.1) is 0 Å². The van der Waals surface area contributed by atoms with Crippen LogP contribution in [0.2, 0.25) is 0 Å². The van der Waals surface area contributed by atoms with E-state index in [0.29, 0.717) is 22.7 Å². The number of ether oxygens (including phenoxy) is 2. The monoisotopic (exact) mass is 398 g/mol. The molecule has 0 aromatic rings. The fraction of sp³-hybridized carbons (Fsp3) is 1.00. The van der Waals surface area contributed by atoms with Crippen molar-refractivity contribution in [3.8, 4) is 0 Å². The zero-order valence-electron chi connectivity index (χ0n) is 21.0. The lowest BCUT2D eigenvalue weighted by atomic mass is 9.84. The molecule has 0 aromatic carbocycles. The Morgan fingerprint density at radius 2 is 1.04 bits per heavy atom. The van der Waals surface area contributed by atoms with Crippen molar-refractivity contribution in [2.24, 2.45) is 22.7 Å². The molecule has 0 aromatic heterocycles. The largest absolute Gasteiger partial charge is 0.353 e. The summed E-state index contributed by atoms with van der Waals surface area (Å²) in [5.74, 6) is 1.41. The van der Waals surface area contributed by atoms with Gasteiger partial charge in [0.2, 0.25) is 0 Å². The fourth-order valence-corrected chi connectivity index (χ4v) is 4.23. The lowest BCUT2D eigenvalue weighted by molar-refractivity contribution is -0.151. The number of unbranched alkanes of at least 4 members (excludes halogenated alkanes) is 4. The number of hydrogen-bond donors (Lipinski definition) is 0. The predicted molar refractivity (Wildman–Crippen MR) is 125 cm³/mol. The molecule has 2 nitrogen and oxygen atoms in total. The average Bonchev–Trinajstić information content (AvgIpc) is 2.50. The first kappa shape index (κ1) is 27.9. The smallest absolute Gasteiger partial charge is 0.157 e. The Bertz CT molecular complexity index is 322. The molecule has 0 aliphatic heterocycles. The van der Waals surface area contributed by atoms with Gasteiger partial charge in [-0.25, -0.2) is 0 Å². The first-order valence-corrected chi connectivity index (χ1v) is 12.2. The molecule has 2 unspecified atom stereocenters. The minimum absolute atomic E-state index is 0.00898. The summed E-state index contributed by atoms with van der Waals surface area (Å²) in [4.78, 5) is 0. The van der Waals surface area contributed by atoms with E-state index < -0.39 is 0 Å². The third-order valence-corrected chi connectivity index (χ3v) is 5.29. The second-order valence-electron chi connectivity index (χ2n) is 11.7. The highest BCUT2D eigenvalue weighted by molar-refractivity contribution is 4.67. The topological polar surface area (TPSA) is 18.5 Å². The highest BCUT2D eigenvalue weighted by Gasteiger charge is 2.18. The maximum Gasteiger partial charge on any atom is 0.157 e. The van der Waals surface area contributed by atoms with Gasteiger partial charge in [0.25, 0.3) is 0 Å². The van der Waals surface area contributed by atoms with Crippen LogP contribution < -0.4 is 0 Å². The zero-order chi connectivity index (χ0) is 21.6. The van der Waals surface area contributed by atoms with E-state index >= 15 is 0 Å². The molecule has 0 aliphatic rings. The predicted octanol–water partition coefficient (Wildman–Crippen LogP) is 8.63. The highest BCUT2D eigenvalue weighted by Crippen LogP contribution is 2.27. The van der Waals surface area contributed by atoms with Crippen LogP contribution in [0.15, 0.2) is 0 Å². The summed E-state index contributed by atoms with van der Waals surface area (Å²) in [6, 6.07) is 0. The SMILES string of the molecule is CCCCCCCC(OCCC(C)CC(C)(C)C)OCCC(C)CC(C)(C)C. The van der Waals surface area contributed by atoms with Gasteiger partial charge in [-0.2, -0.15) is 0 Å². The molecule has 0 heterocycles. The van der Waals surface area contributed by atoms with Crippen LogP contribution in [0.25, 0.3) is 0 Å². The molecule has 2 atom stereocenters. The Kier molecular flexibility index (Phi) is 14.8. The van der Waals surface area contributed by atoms with Crippen molar-refractivity contribution in [2.75, 3.05) is 13.2 Å². The van der Waals surface area contributed by atoms with E-state index in [-0.39, 0.29) is 6.29 Å². The molecule has 0 fully saturated rings. The maximum absolute atomic E-state index is 6.19. The van der Waals surface area contributed by atoms with Gasteiger partial charge in [0.1, 0.15) is 0 Å². The van der Waals surface area contributed by atoms with Crippen molar-refractivity contribution in [1.82, 2.24) is 0 Å². The molecule has 0 bridgehead atoms. The van der Waals surface area contributed by atoms with Gasteiger partial charge in [-0.05, 0) is 61.2 Å². The summed E-state index contributed by atoms with van der Waals surface area (Å²) in [5.41, 5.74) is 0.801. The van der Waals surface area contributed by atoms with Gasteiger partial charge in [0.15, 0.2) is 6.29 Å². The van der Waals surface area contributed by atoms with Gasteiger partial charge < -0.3 is 9.47 Å². The van der Waals surface area contributed by atoms with Crippen molar-refractivity contribution in [2.45, 2.75) is 133 Å². The summed E-state index contributed by atoms with van der Waals surface area (Å²) in [6.07, 6.45) is 12.3. The molecular formula is C26H54O2. The van der Waals surface area contributed by atoms with E-state index in [1.807, 2.05) is 0 Å². The summed E-state index contributed by atoms with van der Waals surface area (Å²) in [5, 5.41) is 0. The van der Waals surface area contributed by atoms with Gasteiger partial charge in [0, 0.05) is 13.2 Å². The molecule has 0 spiro atoms. The van der Waals surface area contributed by atoms with Crippen molar-refractivity contribution < 1.29 is 9.47 Å². The van der Waals surface area contributed by atoms with Crippen LogP contribution in [-0.2, 0) is 9.47 Å². The summed E-state index contributed by atoms with van der Waals surface area (Å²) >= 11 is 0. The van der Waals surface area contributed by atoms with Gasteiger partial charge in [-0.3, -0.25) is 0 Å². The first-order valence-electron chi connectivity index (χ1n) is 12.2. The molecular weight excluding hydrogens is 344 g/mol. The summed E-state index contributed by atoms with van der Waals surface area (Å²) in [6.45, 7) is 22.6. The van der Waals surface area contributed by atoms with Crippen LogP contribution in [0.5, 0.6) is 0 Å². The molecule has 2 heteroatoms. The van der Waals surface area contributed by atoms with Gasteiger partial charge in [0.05, 0.1) is 0 Å². The second kappa shape index (κ2) is 14.8.